The van der Waals surface area contributed by atoms with E-state index < -0.39 is 10.1 Å². The number of hydrogen-bond acceptors (Lipinski definition) is 7. The van der Waals surface area contributed by atoms with Gasteiger partial charge in [0, 0.05) is 11.8 Å². The van der Waals surface area contributed by atoms with Crippen LogP contribution in [-0.4, -0.2) is 47.6 Å². The molecular weight excluding hydrogens is 358 g/mol. The second kappa shape index (κ2) is 8.86. The molecule has 8 heteroatoms. The van der Waals surface area contributed by atoms with Gasteiger partial charge in [-0.25, -0.2) is 0 Å². The highest BCUT2D eigenvalue weighted by Crippen LogP contribution is 2.40. The number of hydrogen-bond donors (Lipinski definition) is 0. The maximum Gasteiger partial charge on any atom is 0.264 e. The molecule has 1 aromatic heterocycles. The molecule has 0 unspecified atom stereocenters. The zero-order valence-electron chi connectivity index (χ0n) is 15.3. The molecule has 0 aliphatic heterocycles. The largest absolute Gasteiger partial charge is 0.493 e. The molecule has 0 spiro atoms. The smallest absolute Gasteiger partial charge is 0.264 e. The maximum atomic E-state index is 11.0. The molecule has 0 bridgehead atoms. The van der Waals surface area contributed by atoms with Gasteiger partial charge in [-0.05, 0) is 42.7 Å². The normalized spacial score (nSPS) is 11.2. The molecule has 0 amide bonds. The van der Waals surface area contributed by atoms with Crippen molar-refractivity contribution < 1.29 is 26.8 Å². The summed E-state index contributed by atoms with van der Waals surface area (Å²) < 4.78 is 42.8. The fourth-order valence-corrected chi connectivity index (χ4v) is 2.92. The molecule has 0 aliphatic carbocycles. The molecule has 26 heavy (non-hydrogen) atoms. The SMILES string of the molecule is COc1cc(-c2cc(CCCOS(C)(=O)=O)ccn2)cc(OC)c1OC. The van der Waals surface area contributed by atoms with E-state index in [0.717, 1.165) is 23.1 Å². The lowest BCUT2D eigenvalue weighted by Crippen LogP contribution is -2.05. The molecule has 0 saturated carbocycles. The Labute approximate surface area is 154 Å². The Bertz CT molecular complexity index is 826. The second-order valence-electron chi connectivity index (χ2n) is 5.59. The van der Waals surface area contributed by atoms with Crippen molar-refractivity contribution in [2.45, 2.75) is 12.8 Å². The highest BCUT2D eigenvalue weighted by Gasteiger charge is 2.15. The average Bonchev–Trinajstić information content (AvgIpc) is 2.63. The molecule has 0 N–H and O–H groups in total. The highest BCUT2D eigenvalue weighted by molar-refractivity contribution is 7.85. The fourth-order valence-electron chi connectivity index (χ4n) is 2.50. The van der Waals surface area contributed by atoms with Crippen molar-refractivity contribution in [2.75, 3.05) is 34.2 Å². The van der Waals surface area contributed by atoms with E-state index in [2.05, 4.69) is 4.98 Å². The predicted molar refractivity (Wildman–Crippen MR) is 98.4 cm³/mol. The minimum Gasteiger partial charge on any atom is -0.493 e. The molecule has 0 radical (unpaired) electrons. The summed E-state index contributed by atoms with van der Waals surface area (Å²) in [4.78, 5) is 4.40. The molecule has 2 aromatic rings. The number of rotatable bonds is 9. The van der Waals surface area contributed by atoms with E-state index in [-0.39, 0.29) is 6.61 Å². The fraction of sp³-hybridized carbons (Fsp3) is 0.389. The Morgan fingerprint density at radius 3 is 2.19 bits per heavy atom. The summed E-state index contributed by atoms with van der Waals surface area (Å²) in [5, 5.41) is 0. The lowest BCUT2D eigenvalue weighted by atomic mass is 10.1. The summed E-state index contributed by atoms with van der Waals surface area (Å²) in [5.74, 6) is 1.62. The first-order chi connectivity index (χ1) is 12.4. The summed E-state index contributed by atoms with van der Waals surface area (Å²) in [6, 6.07) is 7.50. The van der Waals surface area contributed by atoms with Crippen molar-refractivity contribution in [3.8, 4) is 28.5 Å². The van der Waals surface area contributed by atoms with E-state index >= 15 is 0 Å². The van der Waals surface area contributed by atoms with Gasteiger partial charge in [-0.3, -0.25) is 9.17 Å². The standard InChI is InChI=1S/C18H23NO6S/c1-22-16-11-14(12-17(23-2)18(16)24-3)15-10-13(7-8-19-15)6-5-9-25-26(4,20)21/h7-8,10-12H,5-6,9H2,1-4H3. The summed E-state index contributed by atoms with van der Waals surface area (Å²) in [7, 11) is 1.27. The van der Waals surface area contributed by atoms with Crippen LogP contribution in [0.3, 0.4) is 0 Å². The predicted octanol–water partition coefficient (Wildman–Crippen LogP) is 2.68. The number of benzene rings is 1. The molecule has 0 saturated heterocycles. The molecule has 1 heterocycles. The zero-order valence-corrected chi connectivity index (χ0v) is 16.1. The molecule has 2 rings (SSSR count). The Balaban J connectivity index is 2.21. The molecule has 0 aliphatic rings. The summed E-state index contributed by atoms with van der Waals surface area (Å²) in [5.41, 5.74) is 2.61. The Hall–Kier alpha value is -2.32. The zero-order chi connectivity index (χ0) is 19.2. The van der Waals surface area contributed by atoms with E-state index in [9.17, 15) is 8.42 Å². The molecule has 7 nitrogen and oxygen atoms in total. The van der Waals surface area contributed by atoms with Crippen LogP contribution in [-0.2, 0) is 20.7 Å². The topological polar surface area (TPSA) is 84.0 Å². The van der Waals surface area contributed by atoms with Gasteiger partial charge in [-0.2, -0.15) is 8.42 Å². The molecular formula is C18H23NO6S. The van der Waals surface area contributed by atoms with E-state index in [0.29, 0.717) is 30.1 Å². The van der Waals surface area contributed by atoms with Crippen molar-refractivity contribution >= 4 is 10.1 Å². The van der Waals surface area contributed by atoms with Gasteiger partial charge in [-0.1, -0.05) is 0 Å². The first-order valence-electron chi connectivity index (χ1n) is 7.97. The van der Waals surface area contributed by atoms with Crippen LogP contribution in [0.2, 0.25) is 0 Å². The highest BCUT2D eigenvalue weighted by atomic mass is 32.2. The first kappa shape index (κ1) is 20.0. The van der Waals surface area contributed by atoms with Crippen molar-refractivity contribution in [2.24, 2.45) is 0 Å². The number of pyridine rings is 1. The van der Waals surface area contributed by atoms with Crippen molar-refractivity contribution in [3.05, 3.63) is 36.0 Å². The van der Waals surface area contributed by atoms with Gasteiger partial charge < -0.3 is 14.2 Å². The van der Waals surface area contributed by atoms with Crippen LogP contribution in [0.1, 0.15) is 12.0 Å². The van der Waals surface area contributed by atoms with E-state index in [1.165, 1.54) is 0 Å². The molecule has 142 valence electrons. The van der Waals surface area contributed by atoms with Gasteiger partial charge in [0.15, 0.2) is 11.5 Å². The Morgan fingerprint density at radius 1 is 1.00 bits per heavy atom. The van der Waals surface area contributed by atoms with Crippen LogP contribution in [0.25, 0.3) is 11.3 Å². The van der Waals surface area contributed by atoms with Crippen LogP contribution in [0.4, 0.5) is 0 Å². The van der Waals surface area contributed by atoms with Gasteiger partial charge >= 0.3 is 0 Å². The monoisotopic (exact) mass is 381 g/mol. The van der Waals surface area contributed by atoms with Crippen LogP contribution in [0.15, 0.2) is 30.5 Å². The number of methoxy groups -OCH3 is 3. The summed E-state index contributed by atoms with van der Waals surface area (Å²) in [6.45, 7) is 0.153. The number of nitrogens with zero attached hydrogens (tertiary/aromatic N) is 1. The van der Waals surface area contributed by atoms with Gasteiger partial charge in [0.25, 0.3) is 10.1 Å². The van der Waals surface area contributed by atoms with E-state index in [4.69, 9.17) is 18.4 Å². The number of aryl methyl sites for hydroxylation is 1. The van der Waals surface area contributed by atoms with Gasteiger partial charge in [0.05, 0.1) is 39.9 Å². The van der Waals surface area contributed by atoms with Crippen LogP contribution < -0.4 is 14.2 Å². The van der Waals surface area contributed by atoms with Gasteiger partial charge in [0.1, 0.15) is 0 Å². The minimum atomic E-state index is -3.40. The van der Waals surface area contributed by atoms with Crippen molar-refractivity contribution in [1.82, 2.24) is 4.98 Å². The van der Waals surface area contributed by atoms with E-state index in [1.54, 1.807) is 27.5 Å². The van der Waals surface area contributed by atoms with Gasteiger partial charge in [0.2, 0.25) is 5.75 Å². The van der Waals surface area contributed by atoms with Crippen LogP contribution in [0.5, 0.6) is 17.2 Å². The molecule has 0 atom stereocenters. The van der Waals surface area contributed by atoms with Crippen molar-refractivity contribution in [3.63, 3.8) is 0 Å². The lowest BCUT2D eigenvalue weighted by Gasteiger charge is -2.14. The van der Waals surface area contributed by atoms with E-state index in [1.807, 2.05) is 24.3 Å². The average molecular weight is 381 g/mol. The molecule has 0 fully saturated rings. The Morgan fingerprint density at radius 2 is 1.65 bits per heavy atom. The third-order valence-electron chi connectivity index (χ3n) is 3.69. The van der Waals surface area contributed by atoms with Crippen LogP contribution in [0, 0.1) is 0 Å². The van der Waals surface area contributed by atoms with Gasteiger partial charge in [-0.15, -0.1) is 0 Å². The second-order valence-corrected chi connectivity index (χ2v) is 7.24. The minimum absolute atomic E-state index is 0.153. The summed E-state index contributed by atoms with van der Waals surface area (Å²) in [6.07, 6.45) is 4.02. The lowest BCUT2D eigenvalue weighted by molar-refractivity contribution is 0.316. The first-order valence-corrected chi connectivity index (χ1v) is 9.79. The summed E-state index contributed by atoms with van der Waals surface area (Å²) >= 11 is 0. The van der Waals surface area contributed by atoms with Crippen molar-refractivity contribution in [1.29, 1.82) is 0 Å². The number of ether oxygens (including phenoxy) is 3. The maximum absolute atomic E-state index is 11.0. The number of aromatic nitrogens is 1. The Kier molecular flexibility index (Phi) is 6.82. The molecule has 1 aromatic carbocycles. The third-order valence-corrected chi connectivity index (χ3v) is 4.29. The van der Waals surface area contributed by atoms with Crippen LogP contribution >= 0.6 is 0 Å². The quantitative estimate of drug-likeness (QED) is 0.488. The third kappa shape index (κ3) is 5.34.